The Kier molecular flexibility index (Phi) is 4.12. The molecule has 1 heterocycles. The van der Waals surface area contributed by atoms with Gasteiger partial charge in [-0.05, 0) is 37.5 Å². The van der Waals surface area contributed by atoms with Crippen LogP contribution in [0, 0.1) is 11.8 Å². The molecule has 1 N–H and O–H groups in total. The van der Waals surface area contributed by atoms with Crippen molar-refractivity contribution in [3.05, 3.63) is 5.82 Å². The summed E-state index contributed by atoms with van der Waals surface area (Å²) in [6, 6.07) is 0.546. The smallest absolute Gasteiger partial charge is 0.191 e. The average molecular weight is 281 g/mol. The zero-order chi connectivity index (χ0) is 13.2. The van der Waals surface area contributed by atoms with Gasteiger partial charge in [-0.2, -0.15) is 0 Å². The van der Waals surface area contributed by atoms with Gasteiger partial charge in [0, 0.05) is 11.8 Å². The van der Waals surface area contributed by atoms with Gasteiger partial charge in [-0.15, -0.1) is 10.2 Å². The lowest BCUT2D eigenvalue weighted by atomic mass is 9.83. The summed E-state index contributed by atoms with van der Waals surface area (Å²) in [5, 5.41) is 18.7. The maximum Gasteiger partial charge on any atom is 0.191 e. The number of rotatable bonds is 5. The van der Waals surface area contributed by atoms with Gasteiger partial charge in [0.15, 0.2) is 11.0 Å². The van der Waals surface area contributed by atoms with Crippen LogP contribution < -0.4 is 0 Å². The predicted octanol–water partition coefficient (Wildman–Crippen LogP) is 3.02. The normalized spacial score (nSPS) is 27.7. The summed E-state index contributed by atoms with van der Waals surface area (Å²) >= 11 is 1.84. The van der Waals surface area contributed by atoms with Crippen LogP contribution in [0.25, 0.3) is 0 Å². The number of hydrogen-bond acceptors (Lipinski definition) is 4. The minimum atomic E-state index is 0.00449. The maximum absolute atomic E-state index is 9.33. The van der Waals surface area contributed by atoms with Crippen LogP contribution in [0.1, 0.15) is 57.3 Å². The molecule has 0 radical (unpaired) electrons. The zero-order valence-electron chi connectivity index (χ0n) is 11.6. The van der Waals surface area contributed by atoms with E-state index in [9.17, 15) is 5.11 Å². The summed E-state index contributed by atoms with van der Waals surface area (Å²) in [6.07, 6.45) is 7.91. The molecule has 5 heteroatoms. The fourth-order valence-corrected chi connectivity index (χ4v) is 4.30. The predicted molar refractivity (Wildman–Crippen MR) is 76.1 cm³/mol. The van der Waals surface area contributed by atoms with Gasteiger partial charge in [0.25, 0.3) is 0 Å². The van der Waals surface area contributed by atoms with Crippen LogP contribution in [0.2, 0.25) is 0 Å². The van der Waals surface area contributed by atoms with Gasteiger partial charge in [-0.25, -0.2) is 0 Å². The second-order valence-corrected chi connectivity index (χ2v) is 7.09. The van der Waals surface area contributed by atoms with Crippen LogP contribution in [0.15, 0.2) is 5.16 Å². The molecular formula is C14H23N3OS. The lowest BCUT2D eigenvalue weighted by Gasteiger charge is -2.26. The van der Waals surface area contributed by atoms with E-state index in [4.69, 9.17) is 0 Å². The van der Waals surface area contributed by atoms with Crippen molar-refractivity contribution in [3.63, 3.8) is 0 Å². The fourth-order valence-electron chi connectivity index (χ4n) is 3.12. The summed E-state index contributed by atoms with van der Waals surface area (Å²) in [4.78, 5) is 0. The average Bonchev–Trinajstić information content (AvgIpc) is 3.17. The van der Waals surface area contributed by atoms with Crippen LogP contribution in [0.4, 0.5) is 0 Å². The molecule has 1 aromatic rings. The van der Waals surface area contributed by atoms with Crippen molar-refractivity contribution in [3.8, 4) is 0 Å². The highest BCUT2D eigenvalue weighted by atomic mass is 32.2. The molecule has 0 spiro atoms. The van der Waals surface area contributed by atoms with Crippen molar-refractivity contribution in [1.29, 1.82) is 0 Å². The van der Waals surface area contributed by atoms with Gasteiger partial charge in [0.05, 0.1) is 0 Å². The van der Waals surface area contributed by atoms with Gasteiger partial charge in [0.1, 0.15) is 6.61 Å². The largest absolute Gasteiger partial charge is 0.388 e. The first-order chi connectivity index (χ1) is 9.28. The lowest BCUT2D eigenvalue weighted by Crippen LogP contribution is -2.15. The quantitative estimate of drug-likeness (QED) is 0.843. The van der Waals surface area contributed by atoms with E-state index in [0.717, 1.165) is 28.6 Å². The van der Waals surface area contributed by atoms with Crippen LogP contribution in [-0.4, -0.2) is 25.6 Å². The molecule has 0 aromatic carbocycles. The van der Waals surface area contributed by atoms with Crippen LogP contribution in [0.5, 0.6) is 0 Å². The molecule has 0 saturated heterocycles. The molecule has 2 atom stereocenters. The standard InChI is InChI=1S/C14H23N3OS/c1-10-3-2-4-11(7-10)9-19-14-16-15-13(8-18)17(14)12-5-6-12/h10-12,18H,2-9H2,1H3/t10-,11-/m1/s1. The minimum Gasteiger partial charge on any atom is -0.388 e. The maximum atomic E-state index is 9.33. The van der Waals surface area contributed by atoms with Gasteiger partial charge < -0.3 is 9.67 Å². The van der Waals surface area contributed by atoms with E-state index in [1.807, 2.05) is 11.8 Å². The van der Waals surface area contributed by atoms with Gasteiger partial charge in [0.2, 0.25) is 0 Å². The van der Waals surface area contributed by atoms with E-state index in [0.29, 0.717) is 6.04 Å². The number of aromatic nitrogens is 3. The fraction of sp³-hybridized carbons (Fsp3) is 0.857. The van der Waals surface area contributed by atoms with Gasteiger partial charge in [-0.1, -0.05) is 31.5 Å². The SMILES string of the molecule is C[C@@H]1CCC[C@@H](CSc2nnc(CO)n2C2CC2)C1. The molecule has 0 unspecified atom stereocenters. The van der Waals surface area contributed by atoms with Crippen LogP contribution in [0.3, 0.4) is 0 Å². The summed E-state index contributed by atoms with van der Waals surface area (Å²) in [5.41, 5.74) is 0. The van der Waals surface area contributed by atoms with Crippen LogP contribution in [-0.2, 0) is 6.61 Å². The first kappa shape index (κ1) is 13.4. The van der Waals surface area contributed by atoms with E-state index < -0.39 is 0 Å². The second-order valence-electron chi connectivity index (χ2n) is 6.11. The molecule has 106 valence electrons. The van der Waals surface area contributed by atoms with E-state index in [-0.39, 0.29) is 6.61 Å². The Morgan fingerprint density at radius 2 is 2.11 bits per heavy atom. The molecule has 1 aromatic heterocycles. The third-order valence-corrected chi connectivity index (χ3v) is 5.46. The monoisotopic (exact) mass is 281 g/mol. The summed E-state index contributed by atoms with van der Waals surface area (Å²) in [6.45, 7) is 2.37. The molecule has 0 amide bonds. The highest BCUT2D eigenvalue weighted by Crippen LogP contribution is 2.40. The third-order valence-electron chi connectivity index (χ3n) is 4.28. The van der Waals surface area contributed by atoms with Gasteiger partial charge >= 0.3 is 0 Å². The number of nitrogens with zero attached hydrogens (tertiary/aromatic N) is 3. The first-order valence-electron chi connectivity index (χ1n) is 7.45. The van der Waals surface area contributed by atoms with Crippen molar-refractivity contribution < 1.29 is 5.11 Å². The van der Waals surface area contributed by atoms with E-state index >= 15 is 0 Å². The molecular weight excluding hydrogens is 258 g/mol. The molecule has 2 aliphatic carbocycles. The minimum absolute atomic E-state index is 0.00449. The van der Waals surface area contributed by atoms with E-state index in [2.05, 4.69) is 21.7 Å². The van der Waals surface area contributed by atoms with Crippen molar-refractivity contribution in [2.24, 2.45) is 11.8 Å². The highest BCUT2D eigenvalue weighted by Gasteiger charge is 2.29. The van der Waals surface area contributed by atoms with Crippen molar-refractivity contribution in [2.45, 2.75) is 63.3 Å². The number of thioether (sulfide) groups is 1. The summed E-state index contributed by atoms with van der Waals surface area (Å²) < 4.78 is 2.16. The highest BCUT2D eigenvalue weighted by molar-refractivity contribution is 7.99. The van der Waals surface area contributed by atoms with Crippen molar-refractivity contribution in [1.82, 2.24) is 14.8 Å². The van der Waals surface area contributed by atoms with Gasteiger partial charge in [-0.3, -0.25) is 0 Å². The number of aliphatic hydroxyl groups is 1. The Morgan fingerprint density at radius 3 is 2.79 bits per heavy atom. The molecule has 2 aliphatic rings. The van der Waals surface area contributed by atoms with E-state index in [1.165, 1.54) is 38.5 Å². The van der Waals surface area contributed by atoms with E-state index in [1.54, 1.807) is 0 Å². The number of hydrogen-bond donors (Lipinski definition) is 1. The molecule has 19 heavy (non-hydrogen) atoms. The van der Waals surface area contributed by atoms with Crippen LogP contribution >= 0.6 is 11.8 Å². The molecule has 0 bridgehead atoms. The third kappa shape index (κ3) is 3.14. The Labute approximate surface area is 119 Å². The van der Waals surface area contributed by atoms with Crippen molar-refractivity contribution >= 4 is 11.8 Å². The zero-order valence-corrected chi connectivity index (χ0v) is 12.4. The summed E-state index contributed by atoms with van der Waals surface area (Å²) in [7, 11) is 0. The first-order valence-corrected chi connectivity index (χ1v) is 8.44. The Morgan fingerprint density at radius 1 is 1.26 bits per heavy atom. The number of aliphatic hydroxyl groups excluding tert-OH is 1. The molecule has 4 nitrogen and oxygen atoms in total. The topological polar surface area (TPSA) is 50.9 Å². The molecule has 2 saturated carbocycles. The second kappa shape index (κ2) is 5.83. The Bertz CT molecular complexity index is 430. The lowest BCUT2D eigenvalue weighted by molar-refractivity contribution is 0.263. The summed E-state index contributed by atoms with van der Waals surface area (Å²) in [5.74, 6) is 3.60. The molecule has 3 rings (SSSR count). The molecule has 2 fully saturated rings. The molecule has 0 aliphatic heterocycles. The van der Waals surface area contributed by atoms with Crippen molar-refractivity contribution in [2.75, 3.05) is 5.75 Å². The Balaban J connectivity index is 1.61. The Hall–Kier alpha value is -0.550.